The summed E-state index contributed by atoms with van der Waals surface area (Å²) in [5, 5.41) is 2.58. The molecule has 0 saturated heterocycles. The maximum atomic E-state index is 6.07. The summed E-state index contributed by atoms with van der Waals surface area (Å²) >= 11 is 9.42. The van der Waals surface area contributed by atoms with Crippen molar-refractivity contribution in [2.75, 3.05) is 5.73 Å². The molecule has 0 bridgehead atoms. The van der Waals surface area contributed by atoms with E-state index in [1.54, 1.807) is 12.3 Å². The molecule has 0 atom stereocenters. The lowest BCUT2D eigenvalue weighted by Gasteiger charge is -2.02. The first kappa shape index (κ1) is 8.78. The van der Waals surface area contributed by atoms with E-state index >= 15 is 0 Å². The maximum absolute atomic E-state index is 6.07. The molecule has 66 valence electrons. The zero-order chi connectivity index (χ0) is 9.42. The second-order valence-corrected chi connectivity index (χ2v) is 3.92. The Morgan fingerprint density at radius 2 is 2.15 bits per heavy atom. The van der Waals surface area contributed by atoms with E-state index in [9.17, 15) is 0 Å². The van der Waals surface area contributed by atoms with Crippen molar-refractivity contribution in [1.82, 2.24) is 4.98 Å². The summed E-state index contributed by atoms with van der Waals surface area (Å²) < 4.78 is 0.868. The van der Waals surface area contributed by atoms with Crippen molar-refractivity contribution in [3.63, 3.8) is 0 Å². The molecule has 0 unspecified atom stereocenters. The van der Waals surface area contributed by atoms with Crippen LogP contribution < -0.4 is 5.73 Å². The standard InChI is InChI=1S/C9H6BrClN2/c10-7-2-1-5-4-13-8(12)3-6(5)9(7)11/h1-4H,(H2,12,13). The van der Waals surface area contributed by atoms with E-state index < -0.39 is 0 Å². The molecule has 1 aromatic carbocycles. The molecule has 0 saturated carbocycles. The number of nitrogens with two attached hydrogens (primary N) is 1. The zero-order valence-electron chi connectivity index (χ0n) is 6.59. The average molecular weight is 258 g/mol. The highest BCUT2D eigenvalue weighted by molar-refractivity contribution is 9.10. The summed E-state index contributed by atoms with van der Waals surface area (Å²) in [7, 11) is 0. The van der Waals surface area contributed by atoms with Gasteiger partial charge in [-0.3, -0.25) is 0 Å². The average Bonchev–Trinajstić information content (AvgIpc) is 2.12. The van der Waals surface area contributed by atoms with Gasteiger partial charge in [-0.15, -0.1) is 0 Å². The topological polar surface area (TPSA) is 38.9 Å². The van der Waals surface area contributed by atoms with E-state index in [1.165, 1.54) is 0 Å². The predicted octanol–water partition coefficient (Wildman–Crippen LogP) is 3.23. The molecule has 2 N–H and O–H groups in total. The Morgan fingerprint density at radius 1 is 1.38 bits per heavy atom. The smallest absolute Gasteiger partial charge is 0.123 e. The number of benzene rings is 1. The largest absolute Gasteiger partial charge is 0.384 e. The molecule has 1 heterocycles. The number of nitrogen functional groups attached to an aromatic ring is 1. The van der Waals surface area contributed by atoms with Gasteiger partial charge < -0.3 is 5.73 Å². The molecule has 4 heteroatoms. The van der Waals surface area contributed by atoms with E-state index in [0.29, 0.717) is 10.8 Å². The van der Waals surface area contributed by atoms with Crippen molar-refractivity contribution in [3.8, 4) is 0 Å². The second kappa shape index (κ2) is 3.16. The predicted molar refractivity (Wildman–Crippen MR) is 58.9 cm³/mol. The van der Waals surface area contributed by atoms with Crippen LogP contribution in [0, 0.1) is 0 Å². The summed E-state index contributed by atoms with van der Waals surface area (Å²) in [4.78, 5) is 3.98. The number of hydrogen-bond donors (Lipinski definition) is 1. The van der Waals surface area contributed by atoms with E-state index in [4.69, 9.17) is 17.3 Å². The van der Waals surface area contributed by atoms with Crippen LogP contribution in [0.4, 0.5) is 5.82 Å². The van der Waals surface area contributed by atoms with E-state index in [2.05, 4.69) is 20.9 Å². The van der Waals surface area contributed by atoms with Crippen molar-refractivity contribution >= 4 is 44.1 Å². The molecule has 0 fully saturated rings. The van der Waals surface area contributed by atoms with Crippen molar-refractivity contribution < 1.29 is 0 Å². The first-order valence-corrected chi connectivity index (χ1v) is 4.85. The molecular formula is C9H6BrClN2. The Labute approximate surface area is 88.8 Å². The molecule has 0 aliphatic rings. The first-order valence-electron chi connectivity index (χ1n) is 3.68. The summed E-state index contributed by atoms with van der Waals surface area (Å²) in [5.74, 6) is 0.479. The van der Waals surface area contributed by atoms with Crippen LogP contribution in [0.2, 0.25) is 5.02 Å². The van der Waals surface area contributed by atoms with Crippen molar-refractivity contribution in [2.24, 2.45) is 0 Å². The lowest BCUT2D eigenvalue weighted by Crippen LogP contribution is -1.89. The number of anilines is 1. The zero-order valence-corrected chi connectivity index (χ0v) is 8.93. The highest BCUT2D eigenvalue weighted by atomic mass is 79.9. The molecule has 0 aliphatic heterocycles. The lowest BCUT2D eigenvalue weighted by atomic mass is 10.2. The van der Waals surface area contributed by atoms with Gasteiger partial charge in [-0.1, -0.05) is 17.7 Å². The fraction of sp³-hybridized carbons (Fsp3) is 0. The van der Waals surface area contributed by atoms with Gasteiger partial charge in [0.2, 0.25) is 0 Å². The van der Waals surface area contributed by atoms with Crippen LogP contribution in [0.3, 0.4) is 0 Å². The van der Waals surface area contributed by atoms with Gasteiger partial charge in [-0.2, -0.15) is 0 Å². The van der Waals surface area contributed by atoms with Crippen LogP contribution in [0.25, 0.3) is 10.8 Å². The molecule has 0 spiro atoms. The molecule has 0 amide bonds. The molecular weight excluding hydrogens is 251 g/mol. The summed E-state index contributed by atoms with van der Waals surface area (Å²) in [6.45, 7) is 0. The minimum atomic E-state index is 0.479. The Morgan fingerprint density at radius 3 is 2.92 bits per heavy atom. The number of pyridine rings is 1. The number of aromatic nitrogens is 1. The lowest BCUT2D eigenvalue weighted by molar-refractivity contribution is 1.37. The van der Waals surface area contributed by atoms with Crippen LogP contribution in [-0.2, 0) is 0 Å². The van der Waals surface area contributed by atoms with Gasteiger partial charge in [0, 0.05) is 21.4 Å². The third kappa shape index (κ3) is 1.49. The molecule has 0 radical (unpaired) electrons. The van der Waals surface area contributed by atoms with E-state index in [-0.39, 0.29) is 0 Å². The SMILES string of the molecule is Nc1cc2c(Cl)c(Br)ccc2cn1. The van der Waals surface area contributed by atoms with E-state index in [1.807, 2.05) is 12.1 Å². The van der Waals surface area contributed by atoms with Crippen LogP contribution in [-0.4, -0.2) is 4.98 Å². The monoisotopic (exact) mass is 256 g/mol. The Bertz CT molecular complexity index is 465. The molecule has 13 heavy (non-hydrogen) atoms. The summed E-state index contributed by atoms with van der Waals surface area (Å²) in [5.41, 5.74) is 5.56. The highest BCUT2D eigenvalue weighted by Crippen LogP contribution is 2.31. The number of halogens is 2. The van der Waals surface area contributed by atoms with E-state index in [0.717, 1.165) is 15.2 Å². The number of rotatable bonds is 0. The molecule has 0 aliphatic carbocycles. The third-order valence-electron chi connectivity index (χ3n) is 1.81. The Balaban J connectivity index is 2.89. The van der Waals surface area contributed by atoms with Crippen molar-refractivity contribution in [1.29, 1.82) is 0 Å². The first-order chi connectivity index (χ1) is 6.18. The Hall–Kier alpha value is -0.800. The van der Waals surface area contributed by atoms with Crippen LogP contribution in [0.5, 0.6) is 0 Å². The van der Waals surface area contributed by atoms with Crippen LogP contribution in [0.15, 0.2) is 28.9 Å². The fourth-order valence-electron chi connectivity index (χ4n) is 1.17. The molecule has 2 nitrogen and oxygen atoms in total. The third-order valence-corrected chi connectivity index (χ3v) is 3.11. The van der Waals surface area contributed by atoms with Crippen molar-refractivity contribution in [2.45, 2.75) is 0 Å². The molecule has 2 aromatic rings. The molecule has 2 rings (SSSR count). The van der Waals surface area contributed by atoms with Crippen molar-refractivity contribution in [3.05, 3.63) is 33.9 Å². The maximum Gasteiger partial charge on any atom is 0.123 e. The van der Waals surface area contributed by atoms with Gasteiger partial charge in [0.15, 0.2) is 0 Å². The minimum Gasteiger partial charge on any atom is -0.384 e. The Kier molecular flexibility index (Phi) is 2.14. The van der Waals surface area contributed by atoms with Gasteiger partial charge in [-0.25, -0.2) is 4.98 Å². The highest BCUT2D eigenvalue weighted by Gasteiger charge is 2.03. The van der Waals surface area contributed by atoms with Gasteiger partial charge in [0.1, 0.15) is 5.82 Å². The fourth-order valence-corrected chi connectivity index (χ4v) is 1.74. The quantitative estimate of drug-likeness (QED) is 0.787. The van der Waals surface area contributed by atoms with Crippen LogP contribution in [0.1, 0.15) is 0 Å². The number of nitrogens with zero attached hydrogens (tertiary/aromatic N) is 1. The number of hydrogen-bond acceptors (Lipinski definition) is 2. The van der Waals surface area contributed by atoms with Gasteiger partial charge in [-0.05, 0) is 28.1 Å². The van der Waals surface area contributed by atoms with Gasteiger partial charge in [0.05, 0.1) is 5.02 Å². The number of fused-ring (bicyclic) bond motifs is 1. The normalized spacial score (nSPS) is 10.6. The molecule has 1 aromatic heterocycles. The van der Waals surface area contributed by atoms with Gasteiger partial charge >= 0.3 is 0 Å². The summed E-state index contributed by atoms with van der Waals surface area (Å²) in [6, 6.07) is 5.60. The second-order valence-electron chi connectivity index (χ2n) is 2.69. The minimum absolute atomic E-state index is 0.479. The summed E-state index contributed by atoms with van der Waals surface area (Å²) in [6.07, 6.45) is 1.71. The van der Waals surface area contributed by atoms with Gasteiger partial charge in [0.25, 0.3) is 0 Å². The van der Waals surface area contributed by atoms with Crippen LogP contribution >= 0.6 is 27.5 Å².